The Hall–Kier alpha value is -2.20. The van der Waals surface area contributed by atoms with Crippen LogP contribution in [0.5, 0.6) is 0 Å². The van der Waals surface area contributed by atoms with E-state index in [1.165, 1.54) is 12.0 Å². The summed E-state index contributed by atoms with van der Waals surface area (Å²) in [7, 11) is 0. The lowest BCUT2D eigenvalue weighted by Gasteiger charge is -2.13. The van der Waals surface area contributed by atoms with Crippen molar-refractivity contribution in [2.45, 2.75) is 19.4 Å². The molecule has 4 rings (SSSR count). The maximum Gasteiger partial charge on any atom is 0.160 e. The molecule has 0 spiro atoms. The summed E-state index contributed by atoms with van der Waals surface area (Å²) in [5, 5.41) is 3.45. The molecule has 0 bridgehead atoms. The Labute approximate surface area is 130 Å². The predicted octanol–water partition coefficient (Wildman–Crippen LogP) is 2.63. The molecule has 1 unspecified atom stereocenters. The van der Waals surface area contributed by atoms with Crippen molar-refractivity contribution in [2.24, 2.45) is 5.92 Å². The zero-order valence-electron chi connectivity index (χ0n) is 12.6. The van der Waals surface area contributed by atoms with Crippen LogP contribution in [0.25, 0.3) is 11.2 Å². The lowest BCUT2D eigenvalue weighted by atomic mass is 10.1. The van der Waals surface area contributed by atoms with E-state index in [1.807, 2.05) is 12.3 Å². The van der Waals surface area contributed by atoms with Gasteiger partial charge in [-0.3, -0.25) is 0 Å². The van der Waals surface area contributed by atoms with Gasteiger partial charge in [-0.1, -0.05) is 30.3 Å². The van der Waals surface area contributed by atoms with Gasteiger partial charge in [0.25, 0.3) is 0 Å². The Morgan fingerprint density at radius 2 is 2.05 bits per heavy atom. The van der Waals surface area contributed by atoms with Gasteiger partial charge < -0.3 is 9.88 Å². The Morgan fingerprint density at radius 1 is 1.14 bits per heavy atom. The second-order valence-electron chi connectivity index (χ2n) is 6.01. The SMILES string of the molecule is c1ccc(Cc2nc3cccnc3n2CC2CCNC2)cc1. The highest BCUT2D eigenvalue weighted by Crippen LogP contribution is 2.20. The molecule has 0 saturated carbocycles. The van der Waals surface area contributed by atoms with Crippen LogP contribution < -0.4 is 5.32 Å². The summed E-state index contributed by atoms with van der Waals surface area (Å²) in [5.41, 5.74) is 3.31. The van der Waals surface area contributed by atoms with Gasteiger partial charge in [0.05, 0.1) is 0 Å². The van der Waals surface area contributed by atoms with Gasteiger partial charge in [0, 0.05) is 19.2 Å². The monoisotopic (exact) mass is 292 g/mol. The van der Waals surface area contributed by atoms with Crippen LogP contribution in [0.1, 0.15) is 17.8 Å². The van der Waals surface area contributed by atoms with Gasteiger partial charge in [-0.25, -0.2) is 9.97 Å². The van der Waals surface area contributed by atoms with Crippen LogP contribution in [0.15, 0.2) is 48.7 Å². The lowest BCUT2D eigenvalue weighted by Crippen LogP contribution is -2.16. The second kappa shape index (κ2) is 5.89. The van der Waals surface area contributed by atoms with Gasteiger partial charge in [-0.15, -0.1) is 0 Å². The minimum Gasteiger partial charge on any atom is -0.316 e. The van der Waals surface area contributed by atoms with E-state index in [-0.39, 0.29) is 0 Å². The Balaban J connectivity index is 1.72. The first kappa shape index (κ1) is 13.5. The molecule has 1 aromatic carbocycles. The number of hydrogen-bond acceptors (Lipinski definition) is 3. The summed E-state index contributed by atoms with van der Waals surface area (Å²) in [4.78, 5) is 9.40. The number of pyridine rings is 1. The number of aromatic nitrogens is 3. The molecular weight excluding hydrogens is 272 g/mol. The largest absolute Gasteiger partial charge is 0.316 e. The number of hydrogen-bond donors (Lipinski definition) is 1. The molecule has 2 aromatic heterocycles. The average molecular weight is 292 g/mol. The van der Waals surface area contributed by atoms with E-state index in [0.717, 1.165) is 43.0 Å². The second-order valence-corrected chi connectivity index (χ2v) is 6.01. The van der Waals surface area contributed by atoms with E-state index in [1.54, 1.807) is 0 Å². The third-order valence-corrected chi connectivity index (χ3v) is 4.39. The Kier molecular flexibility index (Phi) is 3.60. The molecule has 1 fully saturated rings. The van der Waals surface area contributed by atoms with Crippen LogP contribution >= 0.6 is 0 Å². The molecule has 1 N–H and O–H groups in total. The van der Waals surface area contributed by atoms with Gasteiger partial charge in [-0.2, -0.15) is 0 Å². The third-order valence-electron chi connectivity index (χ3n) is 4.39. The highest BCUT2D eigenvalue weighted by molar-refractivity contribution is 5.71. The molecule has 1 aliphatic rings. The third kappa shape index (κ3) is 2.62. The van der Waals surface area contributed by atoms with Crippen molar-refractivity contribution in [3.8, 4) is 0 Å². The van der Waals surface area contributed by atoms with Crippen LogP contribution in [-0.4, -0.2) is 27.6 Å². The van der Waals surface area contributed by atoms with Gasteiger partial charge in [0.2, 0.25) is 0 Å². The normalized spacial score (nSPS) is 18.1. The van der Waals surface area contributed by atoms with Crippen molar-refractivity contribution in [1.29, 1.82) is 0 Å². The highest BCUT2D eigenvalue weighted by atomic mass is 15.1. The number of rotatable bonds is 4. The average Bonchev–Trinajstić information content (AvgIpc) is 3.18. The number of nitrogens with one attached hydrogen (secondary N) is 1. The standard InChI is InChI=1S/C18H20N4/c1-2-5-14(6-3-1)11-17-21-16-7-4-9-20-18(16)22(17)13-15-8-10-19-12-15/h1-7,9,15,19H,8,10-13H2. The summed E-state index contributed by atoms with van der Waals surface area (Å²) >= 11 is 0. The fourth-order valence-corrected chi connectivity index (χ4v) is 3.24. The summed E-state index contributed by atoms with van der Waals surface area (Å²) in [6, 6.07) is 14.6. The van der Waals surface area contributed by atoms with E-state index in [2.05, 4.69) is 51.3 Å². The lowest BCUT2D eigenvalue weighted by molar-refractivity contribution is 0.478. The fourth-order valence-electron chi connectivity index (χ4n) is 3.24. The molecule has 3 heterocycles. The number of nitrogens with zero attached hydrogens (tertiary/aromatic N) is 3. The molecular formula is C18H20N4. The van der Waals surface area contributed by atoms with Gasteiger partial charge in [0.15, 0.2) is 5.65 Å². The van der Waals surface area contributed by atoms with Crippen molar-refractivity contribution in [2.75, 3.05) is 13.1 Å². The molecule has 0 amide bonds. The maximum atomic E-state index is 4.83. The fraction of sp³-hybridized carbons (Fsp3) is 0.333. The topological polar surface area (TPSA) is 42.7 Å². The van der Waals surface area contributed by atoms with Gasteiger partial charge in [-0.05, 0) is 43.1 Å². The minimum absolute atomic E-state index is 0.675. The smallest absolute Gasteiger partial charge is 0.160 e. The molecule has 3 aromatic rings. The Bertz CT molecular complexity index is 757. The van der Waals surface area contributed by atoms with Crippen molar-refractivity contribution in [3.63, 3.8) is 0 Å². The quantitative estimate of drug-likeness (QED) is 0.804. The molecule has 22 heavy (non-hydrogen) atoms. The van der Waals surface area contributed by atoms with Gasteiger partial charge >= 0.3 is 0 Å². The summed E-state index contributed by atoms with van der Waals surface area (Å²) in [6.45, 7) is 3.22. The van der Waals surface area contributed by atoms with Crippen molar-refractivity contribution >= 4 is 11.2 Å². The van der Waals surface area contributed by atoms with E-state index in [4.69, 9.17) is 4.98 Å². The first-order valence-electron chi connectivity index (χ1n) is 7.95. The van der Waals surface area contributed by atoms with Crippen molar-refractivity contribution in [3.05, 3.63) is 60.0 Å². The Morgan fingerprint density at radius 3 is 2.86 bits per heavy atom. The number of imidazole rings is 1. The molecule has 0 radical (unpaired) electrons. The summed E-state index contributed by atoms with van der Waals surface area (Å²) in [5.74, 6) is 1.79. The van der Waals surface area contributed by atoms with E-state index >= 15 is 0 Å². The first-order chi connectivity index (χ1) is 10.9. The molecule has 4 nitrogen and oxygen atoms in total. The van der Waals surface area contributed by atoms with E-state index in [0.29, 0.717) is 5.92 Å². The van der Waals surface area contributed by atoms with Crippen LogP contribution in [0.3, 0.4) is 0 Å². The number of benzene rings is 1. The zero-order valence-corrected chi connectivity index (χ0v) is 12.6. The van der Waals surface area contributed by atoms with Crippen LogP contribution in [-0.2, 0) is 13.0 Å². The summed E-state index contributed by atoms with van der Waals surface area (Å²) < 4.78 is 2.32. The van der Waals surface area contributed by atoms with Crippen molar-refractivity contribution < 1.29 is 0 Å². The predicted molar refractivity (Wildman–Crippen MR) is 87.8 cm³/mol. The molecule has 112 valence electrons. The summed E-state index contributed by atoms with van der Waals surface area (Å²) in [6.07, 6.45) is 3.95. The molecule has 1 aliphatic heterocycles. The van der Waals surface area contributed by atoms with Crippen LogP contribution in [0, 0.1) is 5.92 Å². The number of fused-ring (bicyclic) bond motifs is 1. The van der Waals surface area contributed by atoms with Gasteiger partial charge in [0.1, 0.15) is 11.3 Å². The van der Waals surface area contributed by atoms with E-state index < -0.39 is 0 Å². The molecule has 4 heteroatoms. The molecule has 0 aliphatic carbocycles. The highest BCUT2D eigenvalue weighted by Gasteiger charge is 2.19. The van der Waals surface area contributed by atoms with Crippen LogP contribution in [0.2, 0.25) is 0 Å². The zero-order chi connectivity index (χ0) is 14.8. The van der Waals surface area contributed by atoms with Crippen LogP contribution in [0.4, 0.5) is 0 Å². The maximum absolute atomic E-state index is 4.83. The minimum atomic E-state index is 0.675. The van der Waals surface area contributed by atoms with Crippen molar-refractivity contribution in [1.82, 2.24) is 19.9 Å². The molecule has 1 saturated heterocycles. The van der Waals surface area contributed by atoms with E-state index in [9.17, 15) is 0 Å². The first-order valence-corrected chi connectivity index (χ1v) is 7.95. The molecule has 1 atom stereocenters.